The number of benzene rings is 1. The van der Waals surface area contributed by atoms with Crippen LogP contribution in [0, 0.1) is 5.92 Å². The molecule has 0 radical (unpaired) electrons. The third kappa shape index (κ3) is 3.81. The van der Waals surface area contributed by atoms with Gasteiger partial charge in [0.25, 0.3) is 5.91 Å². The summed E-state index contributed by atoms with van der Waals surface area (Å²) in [7, 11) is 0. The van der Waals surface area contributed by atoms with Crippen molar-refractivity contribution in [2.24, 2.45) is 5.92 Å². The Balaban J connectivity index is 1.57. The van der Waals surface area contributed by atoms with E-state index in [0.29, 0.717) is 0 Å². The number of amides is 1. The molecule has 1 heterocycles. The molecule has 4 nitrogen and oxygen atoms in total. The molecule has 0 atom stereocenters. The highest BCUT2D eigenvalue weighted by atomic mass is 16.5. The summed E-state index contributed by atoms with van der Waals surface area (Å²) in [6.45, 7) is 5.28. The SMILES string of the molecule is O=C(NCC1CC1)c1cccc(CN2CCOCC2)c1. The number of nitrogens with one attached hydrogen (secondary N) is 1. The minimum atomic E-state index is 0.0562. The lowest BCUT2D eigenvalue weighted by atomic mass is 10.1. The van der Waals surface area contributed by atoms with Crippen molar-refractivity contribution in [1.29, 1.82) is 0 Å². The zero-order valence-corrected chi connectivity index (χ0v) is 11.8. The minimum absolute atomic E-state index is 0.0562. The molecule has 1 N–H and O–H groups in total. The zero-order valence-electron chi connectivity index (χ0n) is 11.8. The van der Waals surface area contributed by atoms with Gasteiger partial charge in [-0.3, -0.25) is 9.69 Å². The van der Waals surface area contributed by atoms with Gasteiger partial charge in [0.1, 0.15) is 0 Å². The first-order valence-corrected chi connectivity index (χ1v) is 7.48. The van der Waals surface area contributed by atoms with E-state index in [2.05, 4.69) is 16.3 Å². The van der Waals surface area contributed by atoms with Gasteiger partial charge in [-0.15, -0.1) is 0 Å². The number of morpholine rings is 1. The Morgan fingerprint density at radius 3 is 2.85 bits per heavy atom. The Kier molecular flexibility index (Phi) is 4.33. The molecule has 0 bridgehead atoms. The second-order valence-electron chi connectivity index (χ2n) is 5.74. The van der Waals surface area contributed by atoms with Crippen LogP contribution in [0.1, 0.15) is 28.8 Å². The van der Waals surface area contributed by atoms with E-state index in [0.717, 1.165) is 50.9 Å². The number of hydrogen-bond acceptors (Lipinski definition) is 3. The van der Waals surface area contributed by atoms with Crippen LogP contribution >= 0.6 is 0 Å². The lowest BCUT2D eigenvalue weighted by molar-refractivity contribution is 0.0342. The van der Waals surface area contributed by atoms with E-state index in [1.54, 1.807) is 0 Å². The van der Waals surface area contributed by atoms with Crippen molar-refractivity contribution in [2.45, 2.75) is 19.4 Å². The molecule has 108 valence electrons. The first-order valence-electron chi connectivity index (χ1n) is 7.48. The van der Waals surface area contributed by atoms with Crippen LogP contribution in [0.4, 0.5) is 0 Å². The van der Waals surface area contributed by atoms with E-state index in [4.69, 9.17) is 4.74 Å². The van der Waals surface area contributed by atoms with Crippen LogP contribution in [-0.2, 0) is 11.3 Å². The quantitative estimate of drug-likeness (QED) is 0.888. The summed E-state index contributed by atoms with van der Waals surface area (Å²) in [4.78, 5) is 14.4. The van der Waals surface area contributed by atoms with Crippen molar-refractivity contribution in [3.05, 3.63) is 35.4 Å². The fourth-order valence-corrected chi connectivity index (χ4v) is 2.49. The van der Waals surface area contributed by atoms with E-state index >= 15 is 0 Å². The summed E-state index contributed by atoms with van der Waals surface area (Å²) >= 11 is 0. The first-order chi connectivity index (χ1) is 9.81. The Morgan fingerprint density at radius 2 is 2.10 bits per heavy atom. The van der Waals surface area contributed by atoms with Gasteiger partial charge in [0.05, 0.1) is 13.2 Å². The molecule has 1 saturated carbocycles. The summed E-state index contributed by atoms with van der Waals surface area (Å²) in [5, 5.41) is 3.02. The molecule has 1 saturated heterocycles. The fourth-order valence-electron chi connectivity index (χ4n) is 2.49. The monoisotopic (exact) mass is 274 g/mol. The zero-order chi connectivity index (χ0) is 13.8. The van der Waals surface area contributed by atoms with E-state index in [1.807, 2.05) is 18.2 Å². The highest BCUT2D eigenvalue weighted by Gasteiger charge is 2.21. The summed E-state index contributed by atoms with van der Waals surface area (Å²) in [5.41, 5.74) is 1.97. The van der Waals surface area contributed by atoms with Crippen molar-refractivity contribution in [1.82, 2.24) is 10.2 Å². The summed E-state index contributed by atoms with van der Waals surface area (Å²) < 4.78 is 5.35. The van der Waals surface area contributed by atoms with Crippen LogP contribution in [0.3, 0.4) is 0 Å². The Labute approximate surface area is 120 Å². The lowest BCUT2D eigenvalue weighted by Gasteiger charge is -2.26. The number of carbonyl (C=O) groups excluding carboxylic acids is 1. The van der Waals surface area contributed by atoms with Gasteiger partial charge < -0.3 is 10.1 Å². The van der Waals surface area contributed by atoms with Gasteiger partial charge >= 0.3 is 0 Å². The molecule has 1 amide bonds. The number of hydrogen-bond donors (Lipinski definition) is 1. The Morgan fingerprint density at radius 1 is 1.30 bits per heavy atom. The van der Waals surface area contributed by atoms with E-state index < -0.39 is 0 Å². The highest BCUT2D eigenvalue weighted by Crippen LogP contribution is 2.27. The molecule has 1 aromatic rings. The lowest BCUT2D eigenvalue weighted by Crippen LogP contribution is -2.35. The summed E-state index contributed by atoms with van der Waals surface area (Å²) in [5.74, 6) is 0.774. The van der Waals surface area contributed by atoms with Gasteiger partial charge in [-0.2, -0.15) is 0 Å². The second-order valence-corrected chi connectivity index (χ2v) is 5.74. The average molecular weight is 274 g/mol. The second kappa shape index (κ2) is 6.37. The third-order valence-electron chi connectivity index (χ3n) is 3.95. The van der Waals surface area contributed by atoms with Gasteiger partial charge in [-0.05, 0) is 36.5 Å². The van der Waals surface area contributed by atoms with Gasteiger partial charge in [0, 0.05) is 31.7 Å². The van der Waals surface area contributed by atoms with Gasteiger partial charge in [-0.25, -0.2) is 0 Å². The number of ether oxygens (including phenoxy) is 1. The summed E-state index contributed by atoms with van der Waals surface area (Å²) in [6.07, 6.45) is 2.52. The molecule has 20 heavy (non-hydrogen) atoms. The molecule has 2 fully saturated rings. The fraction of sp³-hybridized carbons (Fsp3) is 0.562. The largest absolute Gasteiger partial charge is 0.379 e. The van der Waals surface area contributed by atoms with Gasteiger partial charge in [-0.1, -0.05) is 12.1 Å². The van der Waals surface area contributed by atoms with E-state index in [1.165, 1.54) is 18.4 Å². The molecular formula is C16H22N2O2. The van der Waals surface area contributed by atoms with E-state index in [-0.39, 0.29) is 5.91 Å². The maximum Gasteiger partial charge on any atom is 0.251 e. The van der Waals surface area contributed by atoms with Crippen LogP contribution in [0.2, 0.25) is 0 Å². The molecule has 3 rings (SSSR count). The molecule has 1 aromatic carbocycles. The van der Waals surface area contributed by atoms with E-state index in [9.17, 15) is 4.79 Å². The molecular weight excluding hydrogens is 252 g/mol. The van der Waals surface area contributed by atoms with Crippen molar-refractivity contribution < 1.29 is 9.53 Å². The maximum atomic E-state index is 12.1. The predicted octanol–water partition coefficient (Wildman–Crippen LogP) is 1.66. The first kappa shape index (κ1) is 13.6. The van der Waals surface area contributed by atoms with Crippen molar-refractivity contribution in [3.8, 4) is 0 Å². The number of carbonyl (C=O) groups is 1. The van der Waals surface area contributed by atoms with Gasteiger partial charge in [0.15, 0.2) is 0 Å². The molecule has 4 heteroatoms. The van der Waals surface area contributed by atoms with Crippen LogP contribution in [-0.4, -0.2) is 43.7 Å². The number of nitrogens with zero attached hydrogens (tertiary/aromatic N) is 1. The highest BCUT2D eigenvalue weighted by molar-refractivity contribution is 5.94. The molecule has 0 aromatic heterocycles. The van der Waals surface area contributed by atoms with Crippen LogP contribution in [0.25, 0.3) is 0 Å². The molecule has 1 aliphatic heterocycles. The molecule has 1 aliphatic carbocycles. The van der Waals surface area contributed by atoms with Crippen molar-refractivity contribution in [2.75, 3.05) is 32.8 Å². The standard InChI is InChI=1S/C16H22N2O2/c19-16(17-11-13-4-5-13)15-3-1-2-14(10-15)12-18-6-8-20-9-7-18/h1-3,10,13H,4-9,11-12H2,(H,17,19). The Hall–Kier alpha value is -1.39. The van der Waals surface area contributed by atoms with Gasteiger partial charge in [0.2, 0.25) is 0 Å². The predicted molar refractivity (Wildman–Crippen MR) is 77.6 cm³/mol. The van der Waals surface area contributed by atoms with Crippen molar-refractivity contribution in [3.63, 3.8) is 0 Å². The molecule has 0 spiro atoms. The smallest absolute Gasteiger partial charge is 0.251 e. The minimum Gasteiger partial charge on any atom is -0.379 e. The summed E-state index contributed by atoms with van der Waals surface area (Å²) in [6, 6.07) is 7.97. The topological polar surface area (TPSA) is 41.6 Å². The van der Waals surface area contributed by atoms with Crippen LogP contribution in [0.15, 0.2) is 24.3 Å². The average Bonchev–Trinajstić information content (AvgIpc) is 3.30. The van der Waals surface area contributed by atoms with Crippen LogP contribution < -0.4 is 5.32 Å². The third-order valence-corrected chi connectivity index (χ3v) is 3.95. The number of rotatable bonds is 5. The Bertz CT molecular complexity index is 465. The van der Waals surface area contributed by atoms with Crippen molar-refractivity contribution >= 4 is 5.91 Å². The molecule has 0 unspecified atom stereocenters. The maximum absolute atomic E-state index is 12.1. The normalized spacial score (nSPS) is 19.8. The molecule has 2 aliphatic rings. The van der Waals surface area contributed by atoms with Crippen LogP contribution in [0.5, 0.6) is 0 Å².